The highest BCUT2D eigenvalue weighted by molar-refractivity contribution is 5.96. The van der Waals surface area contributed by atoms with Gasteiger partial charge in [0.25, 0.3) is 0 Å². The number of likely N-dealkylation sites (tertiary alicyclic amines) is 1. The maximum absolute atomic E-state index is 12.8. The summed E-state index contributed by atoms with van der Waals surface area (Å²) in [5.41, 5.74) is 2.17. The van der Waals surface area contributed by atoms with Crippen LogP contribution in [0.1, 0.15) is 42.4 Å². The van der Waals surface area contributed by atoms with E-state index in [4.69, 9.17) is 9.15 Å². The maximum atomic E-state index is 12.8. The van der Waals surface area contributed by atoms with Crippen LogP contribution in [0.3, 0.4) is 0 Å². The summed E-state index contributed by atoms with van der Waals surface area (Å²) in [7, 11) is 1.66. The summed E-state index contributed by atoms with van der Waals surface area (Å²) >= 11 is 0. The minimum Gasteiger partial charge on any atom is -0.462 e. The average molecular weight is 340 g/mol. The molecular weight excluding hydrogens is 316 g/mol. The lowest BCUT2D eigenvalue weighted by Crippen LogP contribution is -2.43. The molecule has 2 aromatic rings. The van der Waals surface area contributed by atoms with Gasteiger partial charge in [-0.15, -0.1) is 0 Å². The third kappa shape index (κ3) is 3.22. The van der Waals surface area contributed by atoms with E-state index in [-0.39, 0.29) is 18.0 Å². The summed E-state index contributed by atoms with van der Waals surface area (Å²) in [5.74, 6) is 1.88. The van der Waals surface area contributed by atoms with E-state index in [0.29, 0.717) is 6.61 Å². The smallest absolute Gasteiger partial charge is 0.241 e. The molecule has 0 radical (unpaired) electrons. The quantitative estimate of drug-likeness (QED) is 0.925. The van der Waals surface area contributed by atoms with Gasteiger partial charge < -0.3 is 14.5 Å². The minimum atomic E-state index is -0.115. The first-order chi connectivity index (χ1) is 12.3. The zero-order chi connectivity index (χ0) is 17.2. The third-order valence-electron chi connectivity index (χ3n) is 5.26. The molecule has 1 N–H and O–H groups in total. The molecule has 3 heterocycles. The van der Waals surface area contributed by atoms with E-state index in [9.17, 15) is 4.79 Å². The van der Waals surface area contributed by atoms with Crippen molar-refractivity contribution in [2.45, 2.75) is 44.4 Å². The normalized spacial score (nSPS) is 24.0. The predicted molar refractivity (Wildman–Crippen MR) is 95.3 cm³/mol. The van der Waals surface area contributed by atoms with Gasteiger partial charge in [0.1, 0.15) is 18.1 Å². The highest BCUT2D eigenvalue weighted by atomic mass is 16.5. The second kappa shape index (κ2) is 7.02. The number of aryl methyl sites for hydroxylation is 1. The van der Waals surface area contributed by atoms with Gasteiger partial charge in [-0.3, -0.25) is 9.69 Å². The topological polar surface area (TPSA) is 54.7 Å². The van der Waals surface area contributed by atoms with Crippen LogP contribution in [0, 0.1) is 0 Å². The predicted octanol–water partition coefficient (Wildman–Crippen LogP) is 3.52. The Labute approximate surface area is 148 Å². The lowest BCUT2D eigenvalue weighted by molar-refractivity contribution is -0.121. The van der Waals surface area contributed by atoms with Crippen LogP contribution < -0.4 is 5.32 Å². The van der Waals surface area contributed by atoms with Crippen LogP contribution in [0.4, 0.5) is 5.69 Å². The first-order valence-electron chi connectivity index (χ1n) is 8.98. The Morgan fingerprint density at radius 2 is 2.08 bits per heavy atom. The number of furan rings is 1. The van der Waals surface area contributed by atoms with Crippen molar-refractivity contribution in [2.24, 2.45) is 0 Å². The van der Waals surface area contributed by atoms with Gasteiger partial charge in [-0.1, -0.05) is 18.2 Å². The van der Waals surface area contributed by atoms with Crippen molar-refractivity contribution in [3.63, 3.8) is 0 Å². The fourth-order valence-corrected chi connectivity index (χ4v) is 4.08. The summed E-state index contributed by atoms with van der Waals surface area (Å²) < 4.78 is 11.1. The van der Waals surface area contributed by atoms with E-state index >= 15 is 0 Å². The first-order valence-corrected chi connectivity index (χ1v) is 8.98. The highest BCUT2D eigenvalue weighted by Crippen LogP contribution is 2.37. The van der Waals surface area contributed by atoms with Crippen LogP contribution >= 0.6 is 0 Å². The number of benzene rings is 1. The van der Waals surface area contributed by atoms with Crippen molar-refractivity contribution in [1.29, 1.82) is 0 Å². The van der Waals surface area contributed by atoms with E-state index in [1.165, 1.54) is 5.56 Å². The standard InChI is InChI=1S/C20H24N2O3/c1-24-13-15-9-11-19(25-15)17-7-4-12-22(17)18-10-8-14-5-2-3-6-16(14)21-20(18)23/h2-3,5-6,9,11,17-18H,4,7-8,10,12-13H2,1H3,(H,21,23). The summed E-state index contributed by atoms with van der Waals surface area (Å²) in [6.45, 7) is 1.41. The number of para-hydroxylation sites is 1. The summed E-state index contributed by atoms with van der Waals surface area (Å²) in [6.07, 6.45) is 3.86. The van der Waals surface area contributed by atoms with E-state index in [0.717, 1.165) is 49.4 Å². The van der Waals surface area contributed by atoms with Crippen LogP contribution in [-0.4, -0.2) is 30.5 Å². The molecule has 1 amide bonds. The molecule has 132 valence electrons. The van der Waals surface area contributed by atoms with Crippen LogP contribution in [0.2, 0.25) is 0 Å². The van der Waals surface area contributed by atoms with Gasteiger partial charge in [-0.2, -0.15) is 0 Å². The number of nitrogens with zero attached hydrogens (tertiary/aromatic N) is 1. The van der Waals surface area contributed by atoms with Crippen molar-refractivity contribution >= 4 is 11.6 Å². The molecule has 0 spiro atoms. The zero-order valence-corrected chi connectivity index (χ0v) is 14.5. The van der Waals surface area contributed by atoms with Crippen molar-refractivity contribution in [2.75, 3.05) is 19.0 Å². The number of hydrogen-bond donors (Lipinski definition) is 1. The zero-order valence-electron chi connectivity index (χ0n) is 14.5. The fourth-order valence-electron chi connectivity index (χ4n) is 4.08. The van der Waals surface area contributed by atoms with Gasteiger partial charge in [0.2, 0.25) is 5.91 Å². The molecule has 5 nitrogen and oxygen atoms in total. The number of nitrogens with one attached hydrogen (secondary N) is 1. The Balaban J connectivity index is 1.54. The number of rotatable bonds is 4. The number of hydrogen-bond acceptors (Lipinski definition) is 4. The fraction of sp³-hybridized carbons (Fsp3) is 0.450. The maximum Gasteiger partial charge on any atom is 0.241 e. The number of methoxy groups -OCH3 is 1. The second-order valence-corrected chi connectivity index (χ2v) is 6.83. The van der Waals surface area contributed by atoms with E-state index in [1.54, 1.807) is 7.11 Å². The van der Waals surface area contributed by atoms with Gasteiger partial charge in [0.05, 0.1) is 12.1 Å². The number of carbonyl (C=O) groups is 1. The Hall–Kier alpha value is -2.11. The molecule has 25 heavy (non-hydrogen) atoms. The molecule has 0 bridgehead atoms. The number of anilines is 1. The molecule has 2 aliphatic rings. The molecule has 2 aliphatic heterocycles. The molecule has 0 aliphatic carbocycles. The lowest BCUT2D eigenvalue weighted by Gasteiger charge is -2.30. The van der Waals surface area contributed by atoms with Gasteiger partial charge >= 0.3 is 0 Å². The summed E-state index contributed by atoms with van der Waals surface area (Å²) in [5, 5.41) is 3.12. The molecule has 2 atom stereocenters. The van der Waals surface area contributed by atoms with E-state index in [1.807, 2.05) is 30.3 Å². The van der Waals surface area contributed by atoms with E-state index < -0.39 is 0 Å². The SMILES string of the molecule is COCc1ccc(C2CCCN2C2CCc3ccccc3NC2=O)o1. The molecule has 1 fully saturated rings. The lowest BCUT2D eigenvalue weighted by atomic mass is 10.0. The Bertz CT molecular complexity index is 755. The highest BCUT2D eigenvalue weighted by Gasteiger charge is 2.38. The molecular formula is C20H24N2O3. The Kier molecular flexibility index (Phi) is 4.59. The number of carbonyl (C=O) groups excluding carboxylic acids is 1. The van der Waals surface area contributed by atoms with Crippen LogP contribution in [0.5, 0.6) is 0 Å². The van der Waals surface area contributed by atoms with Crippen LogP contribution in [0.25, 0.3) is 0 Å². The van der Waals surface area contributed by atoms with Crippen LogP contribution in [0.15, 0.2) is 40.8 Å². The summed E-state index contributed by atoms with van der Waals surface area (Å²) in [4.78, 5) is 15.2. The van der Waals surface area contributed by atoms with Crippen LogP contribution in [-0.2, 0) is 22.6 Å². The van der Waals surface area contributed by atoms with Gasteiger partial charge in [-0.25, -0.2) is 0 Å². The number of amides is 1. The first kappa shape index (κ1) is 16.4. The molecule has 4 rings (SSSR count). The molecule has 2 unspecified atom stereocenters. The second-order valence-electron chi connectivity index (χ2n) is 6.83. The number of fused-ring (bicyclic) bond motifs is 1. The molecule has 1 aromatic carbocycles. The largest absolute Gasteiger partial charge is 0.462 e. The van der Waals surface area contributed by atoms with Gasteiger partial charge in [0, 0.05) is 12.8 Å². The molecule has 1 saturated heterocycles. The van der Waals surface area contributed by atoms with Crippen molar-refractivity contribution in [1.82, 2.24) is 4.90 Å². The summed E-state index contributed by atoms with van der Waals surface area (Å²) in [6, 6.07) is 12.1. The van der Waals surface area contributed by atoms with Gasteiger partial charge in [0.15, 0.2) is 0 Å². The van der Waals surface area contributed by atoms with Crippen molar-refractivity contribution in [3.8, 4) is 0 Å². The number of ether oxygens (including phenoxy) is 1. The molecule has 0 saturated carbocycles. The van der Waals surface area contributed by atoms with Gasteiger partial charge in [-0.05, 0) is 56.0 Å². The van der Waals surface area contributed by atoms with Crippen molar-refractivity contribution < 1.29 is 13.9 Å². The third-order valence-corrected chi connectivity index (χ3v) is 5.26. The molecule has 5 heteroatoms. The van der Waals surface area contributed by atoms with Crippen molar-refractivity contribution in [3.05, 3.63) is 53.5 Å². The van der Waals surface area contributed by atoms with E-state index in [2.05, 4.69) is 16.3 Å². The molecule has 1 aromatic heterocycles. The monoisotopic (exact) mass is 340 g/mol. The Morgan fingerprint density at radius 1 is 1.20 bits per heavy atom. The minimum absolute atomic E-state index is 0.0977. The average Bonchev–Trinajstić information content (AvgIpc) is 3.23. The Morgan fingerprint density at radius 3 is 2.96 bits per heavy atom.